The molecule has 1 aliphatic rings. The third-order valence-corrected chi connectivity index (χ3v) is 6.08. The zero-order valence-electron chi connectivity index (χ0n) is 18.8. The first-order valence-corrected chi connectivity index (χ1v) is 10.6. The molecule has 8 heteroatoms. The third-order valence-electron chi connectivity index (χ3n) is 6.08. The molecule has 0 aromatic heterocycles. The smallest absolute Gasteiger partial charge is 0.335 e. The van der Waals surface area contributed by atoms with Gasteiger partial charge in [0, 0.05) is 26.3 Å². The van der Waals surface area contributed by atoms with Crippen molar-refractivity contribution in [2.75, 3.05) is 19.0 Å². The fourth-order valence-corrected chi connectivity index (χ4v) is 3.88. The Labute approximate surface area is 187 Å². The Morgan fingerprint density at radius 1 is 1.06 bits per heavy atom. The SMILES string of the molecule is CCC1(CC)C(=O)N(C(=O)NCc2ccc(N(C)C)cc2)C1Oc1ccc(C(=O)O)cc1. The summed E-state index contributed by atoms with van der Waals surface area (Å²) in [7, 11) is 3.91. The van der Waals surface area contributed by atoms with Crippen LogP contribution in [0.1, 0.15) is 42.6 Å². The highest BCUT2D eigenvalue weighted by Gasteiger charge is 2.62. The summed E-state index contributed by atoms with van der Waals surface area (Å²) in [5.74, 6) is -0.905. The Hall–Kier alpha value is -3.55. The standard InChI is InChI=1S/C24H29N3O5/c1-5-24(6-2)21(30)27(22(24)32-19-13-9-17(10-14-19)20(28)29)23(31)25-15-16-7-11-18(12-8-16)26(3)4/h7-14,22H,5-6,15H2,1-4H3,(H,25,31)(H,28,29). The van der Waals surface area contributed by atoms with Crippen LogP contribution in [0, 0.1) is 5.41 Å². The highest BCUT2D eigenvalue weighted by molar-refractivity contribution is 6.03. The van der Waals surface area contributed by atoms with E-state index < -0.39 is 23.6 Å². The molecule has 0 saturated carbocycles. The number of β-lactam (4-membered cyclic amide) rings is 1. The van der Waals surface area contributed by atoms with Gasteiger partial charge in [-0.1, -0.05) is 26.0 Å². The number of hydrogen-bond acceptors (Lipinski definition) is 5. The third kappa shape index (κ3) is 4.26. The predicted molar refractivity (Wildman–Crippen MR) is 121 cm³/mol. The van der Waals surface area contributed by atoms with E-state index in [4.69, 9.17) is 9.84 Å². The zero-order valence-corrected chi connectivity index (χ0v) is 18.8. The van der Waals surface area contributed by atoms with E-state index in [1.165, 1.54) is 24.3 Å². The number of nitrogens with zero attached hydrogens (tertiary/aromatic N) is 2. The van der Waals surface area contributed by atoms with Crippen LogP contribution in [0.2, 0.25) is 0 Å². The van der Waals surface area contributed by atoms with Gasteiger partial charge in [0.25, 0.3) is 0 Å². The van der Waals surface area contributed by atoms with Gasteiger partial charge in [-0.05, 0) is 54.8 Å². The van der Waals surface area contributed by atoms with Gasteiger partial charge in [-0.15, -0.1) is 0 Å². The van der Waals surface area contributed by atoms with E-state index in [1.54, 1.807) is 0 Å². The number of rotatable bonds is 8. The van der Waals surface area contributed by atoms with Crippen LogP contribution in [-0.4, -0.2) is 48.2 Å². The molecule has 3 amide bonds. The number of carboxylic acids is 1. The topological polar surface area (TPSA) is 99.2 Å². The van der Waals surface area contributed by atoms with Crippen molar-refractivity contribution in [1.82, 2.24) is 10.2 Å². The molecule has 2 aromatic rings. The molecular weight excluding hydrogens is 410 g/mol. The fraction of sp³-hybridized carbons (Fsp3) is 0.375. The first-order valence-electron chi connectivity index (χ1n) is 10.6. The zero-order chi connectivity index (χ0) is 23.5. The Kier molecular flexibility index (Phi) is 6.72. The van der Waals surface area contributed by atoms with Gasteiger partial charge in [0.2, 0.25) is 5.91 Å². The summed E-state index contributed by atoms with van der Waals surface area (Å²) in [6.45, 7) is 4.07. The molecule has 0 spiro atoms. The molecule has 8 nitrogen and oxygen atoms in total. The number of likely N-dealkylation sites (tertiary alicyclic amines) is 1. The number of ether oxygens (including phenoxy) is 1. The average Bonchev–Trinajstić information content (AvgIpc) is 2.79. The number of carbonyl (C=O) groups is 3. The van der Waals surface area contributed by atoms with Crippen LogP contribution in [0.15, 0.2) is 48.5 Å². The van der Waals surface area contributed by atoms with Crippen molar-refractivity contribution >= 4 is 23.6 Å². The molecule has 3 rings (SSSR count). The van der Waals surface area contributed by atoms with Crippen LogP contribution in [0.25, 0.3) is 0 Å². The van der Waals surface area contributed by atoms with Crippen molar-refractivity contribution in [3.63, 3.8) is 0 Å². The minimum absolute atomic E-state index is 0.133. The molecule has 0 radical (unpaired) electrons. The van der Waals surface area contributed by atoms with Gasteiger partial charge < -0.3 is 20.1 Å². The minimum Gasteiger partial charge on any atom is -0.478 e. The van der Waals surface area contributed by atoms with Crippen molar-refractivity contribution in [3.05, 3.63) is 59.7 Å². The molecule has 170 valence electrons. The number of imide groups is 1. The lowest BCUT2D eigenvalue weighted by Gasteiger charge is -2.53. The molecule has 2 aromatic carbocycles. The highest BCUT2D eigenvalue weighted by atomic mass is 16.5. The number of nitrogens with one attached hydrogen (secondary N) is 1. The molecule has 1 saturated heterocycles. The van der Waals surface area contributed by atoms with E-state index >= 15 is 0 Å². The number of anilines is 1. The van der Waals surface area contributed by atoms with Gasteiger partial charge in [-0.25, -0.2) is 14.5 Å². The van der Waals surface area contributed by atoms with Crippen LogP contribution in [0.5, 0.6) is 5.75 Å². The molecule has 1 heterocycles. The minimum atomic E-state index is -1.04. The Morgan fingerprint density at radius 2 is 1.66 bits per heavy atom. The van der Waals surface area contributed by atoms with E-state index in [1.807, 2.05) is 57.1 Å². The molecule has 2 N–H and O–H groups in total. The largest absolute Gasteiger partial charge is 0.478 e. The van der Waals surface area contributed by atoms with E-state index in [-0.39, 0.29) is 18.0 Å². The summed E-state index contributed by atoms with van der Waals surface area (Å²) in [5, 5.41) is 11.9. The molecule has 0 aliphatic carbocycles. The molecule has 32 heavy (non-hydrogen) atoms. The van der Waals surface area contributed by atoms with Crippen molar-refractivity contribution in [2.24, 2.45) is 5.41 Å². The van der Waals surface area contributed by atoms with Crippen LogP contribution in [-0.2, 0) is 11.3 Å². The maximum absolute atomic E-state index is 13.0. The molecular formula is C24H29N3O5. The number of urea groups is 1. The van der Waals surface area contributed by atoms with Gasteiger partial charge in [0.15, 0.2) is 6.23 Å². The van der Waals surface area contributed by atoms with E-state index in [0.717, 1.165) is 16.2 Å². The second kappa shape index (κ2) is 9.30. The van der Waals surface area contributed by atoms with Gasteiger partial charge >= 0.3 is 12.0 Å². The van der Waals surface area contributed by atoms with Crippen molar-refractivity contribution in [1.29, 1.82) is 0 Å². The maximum Gasteiger partial charge on any atom is 0.335 e. The van der Waals surface area contributed by atoms with Crippen LogP contribution >= 0.6 is 0 Å². The van der Waals surface area contributed by atoms with Crippen LogP contribution in [0.4, 0.5) is 10.5 Å². The van der Waals surface area contributed by atoms with E-state index in [2.05, 4.69) is 5.32 Å². The molecule has 1 unspecified atom stereocenters. The first kappa shape index (κ1) is 23.1. The van der Waals surface area contributed by atoms with Crippen molar-refractivity contribution < 1.29 is 24.2 Å². The average molecular weight is 440 g/mol. The van der Waals surface area contributed by atoms with Crippen molar-refractivity contribution in [3.8, 4) is 5.75 Å². The van der Waals surface area contributed by atoms with Gasteiger partial charge in [-0.2, -0.15) is 0 Å². The Morgan fingerprint density at radius 3 is 2.16 bits per heavy atom. The van der Waals surface area contributed by atoms with Gasteiger partial charge in [0.05, 0.1) is 5.56 Å². The summed E-state index contributed by atoms with van der Waals surface area (Å²) in [5.41, 5.74) is 1.30. The number of carboxylic acid groups (broad SMARTS) is 1. The maximum atomic E-state index is 13.0. The quantitative estimate of drug-likeness (QED) is 0.609. The lowest BCUT2D eigenvalue weighted by Crippen LogP contribution is -2.73. The first-order chi connectivity index (χ1) is 15.2. The highest BCUT2D eigenvalue weighted by Crippen LogP contribution is 2.46. The Bertz CT molecular complexity index is 982. The molecule has 1 fully saturated rings. The Balaban J connectivity index is 1.73. The monoisotopic (exact) mass is 439 g/mol. The lowest BCUT2D eigenvalue weighted by molar-refractivity contribution is -0.190. The number of benzene rings is 2. The van der Waals surface area contributed by atoms with Crippen LogP contribution < -0.4 is 15.0 Å². The van der Waals surface area contributed by atoms with Gasteiger partial charge in [0.1, 0.15) is 11.2 Å². The molecule has 0 bridgehead atoms. The predicted octanol–water partition coefficient (Wildman–Crippen LogP) is 3.71. The number of hydrogen-bond donors (Lipinski definition) is 2. The fourth-order valence-electron chi connectivity index (χ4n) is 3.88. The molecule has 1 aliphatic heterocycles. The van der Waals surface area contributed by atoms with Crippen LogP contribution in [0.3, 0.4) is 0 Å². The van der Waals surface area contributed by atoms with E-state index in [0.29, 0.717) is 18.6 Å². The number of carbonyl (C=O) groups excluding carboxylic acids is 2. The molecule has 1 atom stereocenters. The summed E-state index contributed by atoms with van der Waals surface area (Å²) in [6, 6.07) is 13.2. The summed E-state index contributed by atoms with van der Waals surface area (Å²) in [6.07, 6.45) is 0.281. The number of amides is 3. The summed E-state index contributed by atoms with van der Waals surface area (Å²) in [4.78, 5) is 40.0. The van der Waals surface area contributed by atoms with Crippen molar-refractivity contribution in [2.45, 2.75) is 39.5 Å². The normalized spacial score (nSPS) is 16.8. The van der Waals surface area contributed by atoms with Gasteiger partial charge in [-0.3, -0.25) is 4.79 Å². The second-order valence-electron chi connectivity index (χ2n) is 8.06. The second-order valence-corrected chi connectivity index (χ2v) is 8.06. The van der Waals surface area contributed by atoms with E-state index in [9.17, 15) is 14.4 Å². The summed E-state index contributed by atoms with van der Waals surface area (Å²) >= 11 is 0. The lowest BCUT2D eigenvalue weighted by atomic mass is 9.72. The summed E-state index contributed by atoms with van der Waals surface area (Å²) < 4.78 is 6.03. The number of aromatic carboxylic acids is 1.